The van der Waals surface area contributed by atoms with Crippen molar-refractivity contribution in [3.8, 4) is 0 Å². The highest BCUT2D eigenvalue weighted by molar-refractivity contribution is 9.09. The van der Waals surface area contributed by atoms with E-state index in [1.807, 2.05) is 0 Å². The molecule has 1 aliphatic heterocycles. The van der Waals surface area contributed by atoms with Gasteiger partial charge < -0.3 is 4.90 Å². The van der Waals surface area contributed by atoms with Gasteiger partial charge in [0.25, 0.3) is 0 Å². The maximum atomic E-state index is 11.0. The van der Waals surface area contributed by atoms with E-state index in [2.05, 4.69) is 20.8 Å². The third kappa shape index (κ3) is 5.32. The molecular formula is C9H18BrNO2S. The summed E-state index contributed by atoms with van der Waals surface area (Å²) in [6.45, 7) is 2.75. The number of halogens is 1. The highest BCUT2D eigenvalue weighted by Gasteiger charge is 2.15. The van der Waals surface area contributed by atoms with E-state index in [-0.39, 0.29) is 0 Å². The second-order valence-corrected chi connectivity index (χ2v) is 7.55. The van der Waals surface area contributed by atoms with Gasteiger partial charge in [-0.05, 0) is 32.4 Å². The average molecular weight is 284 g/mol. The molecule has 0 aromatic carbocycles. The Labute approximate surface area is 94.9 Å². The lowest BCUT2D eigenvalue weighted by molar-refractivity contribution is 0.302. The Bertz CT molecular complexity index is 266. The van der Waals surface area contributed by atoms with Gasteiger partial charge in [-0.3, -0.25) is 0 Å². The summed E-state index contributed by atoms with van der Waals surface area (Å²) in [6, 6.07) is 0. The molecule has 0 radical (unpaired) electrons. The molecule has 1 fully saturated rings. The van der Waals surface area contributed by atoms with Gasteiger partial charge in [0.15, 0.2) is 0 Å². The van der Waals surface area contributed by atoms with Crippen LogP contribution in [0.25, 0.3) is 0 Å². The van der Waals surface area contributed by atoms with E-state index in [1.54, 1.807) is 0 Å². The molecule has 0 aromatic heterocycles. The van der Waals surface area contributed by atoms with E-state index in [1.165, 1.54) is 19.1 Å². The summed E-state index contributed by atoms with van der Waals surface area (Å²) < 4.78 is 22.0. The maximum absolute atomic E-state index is 11.0. The Morgan fingerprint density at radius 3 is 2.71 bits per heavy atom. The summed E-state index contributed by atoms with van der Waals surface area (Å²) >= 11 is 3.61. The van der Waals surface area contributed by atoms with E-state index >= 15 is 0 Å². The predicted octanol–water partition coefficient (Wildman–Crippen LogP) is 1.28. The lowest BCUT2D eigenvalue weighted by Crippen LogP contribution is -2.30. The second-order valence-electron chi connectivity index (χ2n) is 4.00. The van der Waals surface area contributed by atoms with Crippen LogP contribution in [0.3, 0.4) is 0 Å². The van der Waals surface area contributed by atoms with Crippen molar-refractivity contribution in [3.05, 3.63) is 0 Å². The number of alkyl halides is 1. The predicted molar refractivity (Wildman–Crippen MR) is 62.7 cm³/mol. The monoisotopic (exact) mass is 283 g/mol. The first-order chi connectivity index (χ1) is 6.47. The van der Waals surface area contributed by atoms with Crippen LogP contribution < -0.4 is 0 Å². The Morgan fingerprint density at radius 2 is 2.07 bits per heavy atom. The number of rotatable bonds is 3. The SMILES string of the molecule is CS(=O)(=O)CCN1CCCC(Br)CC1. The van der Waals surface area contributed by atoms with Gasteiger partial charge in [0.2, 0.25) is 0 Å². The molecule has 1 heterocycles. The normalized spacial score (nSPS) is 26.0. The van der Waals surface area contributed by atoms with E-state index in [9.17, 15) is 8.42 Å². The van der Waals surface area contributed by atoms with E-state index < -0.39 is 9.84 Å². The molecule has 0 saturated carbocycles. The number of hydrogen-bond donors (Lipinski definition) is 0. The highest BCUT2D eigenvalue weighted by Crippen LogP contribution is 2.17. The largest absolute Gasteiger partial charge is 0.302 e. The summed E-state index contributed by atoms with van der Waals surface area (Å²) in [5.74, 6) is 0.292. The fraction of sp³-hybridized carbons (Fsp3) is 1.00. The van der Waals surface area contributed by atoms with Crippen molar-refractivity contribution in [3.63, 3.8) is 0 Å². The second kappa shape index (κ2) is 5.47. The number of hydrogen-bond acceptors (Lipinski definition) is 3. The zero-order valence-corrected chi connectivity index (χ0v) is 11.0. The molecule has 1 atom stereocenters. The quantitative estimate of drug-likeness (QED) is 0.733. The molecule has 0 N–H and O–H groups in total. The molecule has 3 nitrogen and oxygen atoms in total. The van der Waals surface area contributed by atoms with Crippen LogP contribution in [0.1, 0.15) is 19.3 Å². The first-order valence-corrected chi connectivity index (χ1v) is 7.99. The van der Waals surface area contributed by atoms with Gasteiger partial charge >= 0.3 is 0 Å². The van der Waals surface area contributed by atoms with Crippen LogP contribution >= 0.6 is 15.9 Å². The minimum atomic E-state index is -2.80. The van der Waals surface area contributed by atoms with Crippen LogP contribution in [0.2, 0.25) is 0 Å². The Morgan fingerprint density at radius 1 is 1.36 bits per heavy atom. The average Bonchev–Trinajstić information content (AvgIpc) is 2.25. The van der Waals surface area contributed by atoms with Crippen molar-refractivity contribution in [2.45, 2.75) is 24.1 Å². The molecule has 0 bridgehead atoms. The number of sulfone groups is 1. The molecule has 0 aromatic rings. The van der Waals surface area contributed by atoms with Crippen molar-refractivity contribution in [1.29, 1.82) is 0 Å². The van der Waals surface area contributed by atoms with Gasteiger partial charge in [-0.2, -0.15) is 0 Å². The minimum absolute atomic E-state index is 0.292. The van der Waals surface area contributed by atoms with Gasteiger partial charge in [-0.15, -0.1) is 0 Å². The topological polar surface area (TPSA) is 37.4 Å². The van der Waals surface area contributed by atoms with Crippen LogP contribution in [0.4, 0.5) is 0 Å². The summed E-state index contributed by atoms with van der Waals surface area (Å²) in [6.07, 6.45) is 4.80. The third-order valence-corrected chi connectivity index (χ3v) is 4.37. The lowest BCUT2D eigenvalue weighted by atomic mass is 10.2. The third-order valence-electron chi connectivity index (χ3n) is 2.53. The molecule has 0 amide bonds. The van der Waals surface area contributed by atoms with Gasteiger partial charge in [-0.1, -0.05) is 15.9 Å². The number of nitrogens with zero attached hydrogens (tertiary/aromatic N) is 1. The molecule has 1 rings (SSSR count). The molecule has 84 valence electrons. The Kier molecular flexibility index (Phi) is 4.87. The van der Waals surface area contributed by atoms with E-state index in [0.717, 1.165) is 19.5 Å². The van der Waals surface area contributed by atoms with Gasteiger partial charge in [0, 0.05) is 17.6 Å². The first-order valence-electron chi connectivity index (χ1n) is 5.01. The summed E-state index contributed by atoms with van der Waals surface area (Å²) in [5, 5.41) is 0. The van der Waals surface area contributed by atoms with Crippen molar-refractivity contribution >= 4 is 25.8 Å². The molecule has 0 aliphatic carbocycles. The summed E-state index contributed by atoms with van der Waals surface area (Å²) in [4.78, 5) is 2.87. The maximum Gasteiger partial charge on any atom is 0.148 e. The molecular weight excluding hydrogens is 266 g/mol. The zero-order chi connectivity index (χ0) is 10.6. The molecule has 1 unspecified atom stereocenters. The van der Waals surface area contributed by atoms with Crippen LogP contribution in [0, 0.1) is 0 Å². The van der Waals surface area contributed by atoms with Crippen molar-refractivity contribution in [2.24, 2.45) is 0 Å². The van der Waals surface area contributed by atoms with Crippen molar-refractivity contribution < 1.29 is 8.42 Å². The lowest BCUT2D eigenvalue weighted by Gasteiger charge is -2.18. The van der Waals surface area contributed by atoms with Crippen LogP contribution in [0.5, 0.6) is 0 Å². The standard InChI is InChI=1S/C9H18BrNO2S/c1-14(12,13)8-7-11-5-2-3-9(10)4-6-11/h9H,2-8H2,1H3. The minimum Gasteiger partial charge on any atom is -0.302 e. The first kappa shape index (κ1) is 12.5. The highest BCUT2D eigenvalue weighted by atomic mass is 79.9. The summed E-state index contributed by atoms with van der Waals surface area (Å²) in [7, 11) is -2.80. The smallest absolute Gasteiger partial charge is 0.148 e. The van der Waals surface area contributed by atoms with E-state index in [0.29, 0.717) is 17.1 Å². The zero-order valence-electron chi connectivity index (χ0n) is 8.58. The fourth-order valence-corrected chi connectivity index (χ4v) is 2.75. The van der Waals surface area contributed by atoms with Crippen molar-refractivity contribution in [1.82, 2.24) is 4.90 Å². The molecule has 1 aliphatic rings. The van der Waals surface area contributed by atoms with Crippen LogP contribution in [-0.2, 0) is 9.84 Å². The molecule has 0 spiro atoms. The number of likely N-dealkylation sites (tertiary alicyclic amines) is 1. The van der Waals surface area contributed by atoms with Crippen LogP contribution in [-0.4, -0.2) is 49.8 Å². The van der Waals surface area contributed by atoms with Gasteiger partial charge in [0.05, 0.1) is 5.75 Å². The van der Waals surface area contributed by atoms with Crippen LogP contribution in [0.15, 0.2) is 0 Å². The Balaban J connectivity index is 2.31. The van der Waals surface area contributed by atoms with Gasteiger partial charge in [0.1, 0.15) is 9.84 Å². The molecule has 5 heteroatoms. The fourth-order valence-electron chi connectivity index (χ4n) is 1.63. The molecule has 1 saturated heterocycles. The van der Waals surface area contributed by atoms with Crippen molar-refractivity contribution in [2.75, 3.05) is 31.6 Å². The Hall–Kier alpha value is 0.390. The summed E-state index contributed by atoms with van der Waals surface area (Å²) in [5.41, 5.74) is 0. The van der Waals surface area contributed by atoms with Gasteiger partial charge in [-0.25, -0.2) is 8.42 Å². The molecule has 14 heavy (non-hydrogen) atoms. The van der Waals surface area contributed by atoms with E-state index in [4.69, 9.17) is 0 Å².